The van der Waals surface area contributed by atoms with Crippen molar-refractivity contribution in [3.05, 3.63) is 41.5 Å². The lowest BCUT2D eigenvalue weighted by atomic mass is 9.92. The molecular weight excluding hydrogens is 535 g/mol. The lowest BCUT2D eigenvalue weighted by molar-refractivity contribution is -0.145. The maximum Gasteiger partial charge on any atom is 0.328 e. The van der Waals surface area contributed by atoms with Gasteiger partial charge in [-0.25, -0.2) is 24.1 Å². The second-order valence-electron chi connectivity index (χ2n) is 12.7. The number of carbonyl (C=O) groups excluding carboxylic acids is 1. The van der Waals surface area contributed by atoms with Crippen LogP contribution in [0.25, 0.3) is 0 Å². The average Bonchev–Trinajstić information content (AvgIpc) is 2.95. The van der Waals surface area contributed by atoms with E-state index in [9.17, 15) is 9.18 Å². The Morgan fingerprint density at radius 3 is 2.71 bits per heavy atom. The summed E-state index contributed by atoms with van der Waals surface area (Å²) < 4.78 is 25.3. The molecule has 0 fully saturated rings. The maximum atomic E-state index is 14.7. The van der Waals surface area contributed by atoms with Gasteiger partial charge in [-0.3, -0.25) is 0 Å². The third-order valence-corrected chi connectivity index (χ3v) is 7.25. The number of nitrogens with one attached hydrogen (secondary N) is 2. The quantitative estimate of drug-likeness (QED) is 0.191. The van der Waals surface area contributed by atoms with Gasteiger partial charge in [-0.15, -0.1) is 0 Å². The Balaban J connectivity index is 1.63. The standard InChI is InChI=1S/C32H51FN6O3/c1-23(2)20-42-31(40)27(38-29-18-28(32(3,4)5)35-22-36-29)14-17-39(19-25(33)21-41-6)16-8-7-11-26-13-12-24-10-9-15-34-30(24)37-26/h12-13,18,22-23,25,27H,7-11,14-17,19-21H2,1-6H3,(H,34,37)(H,35,36,38)/t25-,27-/m0/s1. The molecule has 0 saturated heterocycles. The fraction of sp³-hybridized carbons (Fsp3) is 0.688. The number of nitrogens with zero attached hydrogens (tertiary/aromatic N) is 4. The van der Waals surface area contributed by atoms with Crippen molar-refractivity contribution in [2.45, 2.75) is 90.8 Å². The molecule has 2 aromatic heterocycles. The van der Waals surface area contributed by atoms with Gasteiger partial charge in [0.25, 0.3) is 0 Å². The molecule has 1 aliphatic rings. The van der Waals surface area contributed by atoms with E-state index >= 15 is 0 Å². The van der Waals surface area contributed by atoms with Gasteiger partial charge in [0.15, 0.2) is 0 Å². The van der Waals surface area contributed by atoms with E-state index in [1.807, 2.05) is 19.9 Å². The minimum absolute atomic E-state index is 0.0389. The van der Waals surface area contributed by atoms with Gasteiger partial charge in [0.2, 0.25) is 0 Å². The molecular formula is C32H51FN6O3. The van der Waals surface area contributed by atoms with Crippen molar-refractivity contribution >= 4 is 17.6 Å². The fourth-order valence-corrected chi connectivity index (χ4v) is 4.89. The number of carbonyl (C=O) groups is 1. The van der Waals surface area contributed by atoms with Gasteiger partial charge in [-0.1, -0.05) is 40.7 Å². The van der Waals surface area contributed by atoms with Crippen LogP contribution in [-0.2, 0) is 32.5 Å². The molecule has 10 heteroatoms. The molecule has 2 aromatic rings. The van der Waals surface area contributed by atoms with Gasteiger partial charge in [0, 0.05) is 43.9 Å². The number of ether oxygens (including phenoxy) is 2. The zero-order chi connectivity index (χ0) is 30.5. The number of pyridine rings is 1. The number of anilines is 2. The number of halogens is 1. The van der Waals surface area contributed by atoms with Crippen molar-refractivity contribution in [3.63, 3.8) is 0 Å². The number of aryl methyl sites for hydroxylation is 2. The van der Waals surface area contributed by atoms with Crippen molar-refractivity contribution in [2.24, 2.45) is 5.92 Å². The predicted molar refractivity (Wildman–Crippen MR) is 166 cm³/mol. The monoisotopic (exact) mass is 586 g/mol. The van der Waals surface area contributed by atoms with Crippen LogP contribution in [0.5, 0.6) is 0 Å². The molecule has 0 radical (unpaired) electrons. The highest BCUT2D eigenvalue weighted by Crippen LogP contribution is 2.22. The first kappa shape index (κ1) is 33.6. The highest BCUT2D eigenvalue weighted by molar-refractivity contribution is 5.79. The van der Waals surface area contributed by atoms with Gasteiger partial charge in [-0.2, -0.15) is 0 Å². The molecule has 0 amide bonds. The first-order valence-electron chi connectivity index (χ1n) is 15.4. The average molecular weight is 587 g/mol. The number of esters is 1. The summed E-state index contributed by atoms with van der Waals surface area (Å²) in [6.45, 7) is 13.1. The van der Waals surface area contributed by atoms with E-state index in [4.69, 9.17) is 14.5 Å². The first-order chi connectivity index (χ1) is 20.0. The lowest BCUT2D eigenvalue weighted by Gasteiger charge is -2.27. The zero-order valence-corrected chi connectivity index (χ0v) is 26.4. The Kier molecular flexibility index (Phi) is 13.4. The number of rotatable bonds is 17. The summed E-state index contributed by atoms with van der Waals surface area (Å²) in [5.41, 5.74) is 3.08. The molecule has 3 rings (SSSR count). The van der Waals surface area contributed by atoms with E-state index in [2.05, 4.69) is 58.4 Å². The topological polar surface area (TPSA) is 102 Å². The maximum absolute atomic E-state index is 14.7. The summed E-state index contributed by atoms with van der Waals surface area (Å²) in [5, 5.41) is 6.68. The molecule has 0 aliphatic carbocycles. The Labute approximate surface area is 251 Å². The van der Waals surface area contributed by atoms with Crippen LogP contribution in [0.3, 0.4) is 0 Å². The van der Waals surface area contributed by atoms with E-state index < -0.39 is 12.2 Å². The molecule has 0 bridgehead atoms. The summed E-state index contributed by atoms with van der Waals surface area (Å²) in [6.07, 6.45) is 5.77. The summed E-state index contributed by atoms with van der Waals surface area (Å²) in [6, 6.07) is 5.56. The van der Waals surface area contributed by atoms with Crippen LogP contribution in [0, 0.1) is 5.92 Å². The van der Waals surface area contributed by atoms with Crippen LogP contribution in [0.1, 0.15) is 77.3 Å². The van der Waals surface area contributed by atoms with Crippen LogP contribution in [0.4, 0.5) is 16.0 Å². The van der Waals surface area contributed by atoms with E-state index in [-0.39, 0.29) is 30.5 Å². The number of hydrogen-bond acceptors (Lipinski definition) is 9. The Morgan fingerprint density at radius 1 is 1.17 bits per heavy atom. The molecule has 1 aliphatic heterocycles. The second-order valence-corrected chi connectivity index (χ2v) is 12.7. The Morgan fingerprint density at radius 2 is 1.98 bits per heavy atom. The van der Waals surface area contributed by atoms with Crippen LogP contribution in [0.2, 0.25) is 0 Å². The van der Waals surface area contributed by atoms with Gasteiger partial charge in [0.05, 0.1) is 18.9 Å². The van der Waals surface area contributed by atoms with Gasteiger partial charge >= 0.3 is 5.97 Å². The highest BCUT2D eigenvalue weighted by atomic mass is 19.1. The highest BCUT2D eigenvalue weighted by Gasteiger charge is 2.24. The van der Waals surface area contributed by atoms with Crippen molar-refractivity contribution in [2.75, 3.05) is 57.1 Å². The van der Waals surface area contributed by atoms with E-state index in [0.29, 0.717) is 31.9 Å². The van der Waals surface area contributed by atoms with Crippen LogP contribution >= 0.6 is 0 Å². The Bertz CT molecular complexity index is 1110. The third-order valence-electron chi connectivity index (χ3n) is 7.25. The van der Waals surface area contributed by atoms with E-state index in [0.717, 1.165) is 55.9 Å². The number of alkyl halides is 1. The predicted octanol–water partition coefficient (Wildman–Crippen LogP) is 5.21. The van der Waals surface area contributed by atoms with Gasteiger partial charge < -0.3 is 25.0 Å². The normalized spacial score (nSPS) is 14.8. The molecule has 2 N–H and O–H groups in total. The molecule has 0 aromatic carbocycles. The zero-order valence-electron chi connectivity index (χ0n) is 26.4. The van der Waals surface area contributed by atoms with Gasteiger partial charge in [-0.05, 0) is 62.6 Å². The van der Waals surface area contributed by atoms with Gasteiger partial charge in [0.1, 0.15) is 30.2 Å². The van der Waals surface area contributed by atoms with E-state index in [1.165, 1.54) is 19.0 Å². The fourth-order valence-electron chi connectivity index (χ4n) is 4.89. The smallest absolute Gasteiger partial charge is 0.328 e. The third kappa shape index (κ3) is 11.4. The summed E-state index contributed by atoms with van der Waals surface area (Å²) in [5.74, 6) is 1.48. The van der Waals surface area contributed by atoms with Crippen LogP contribution < -0.4 is 10.6 Å². The van der Waals surface area contributed by atoms with Crippen molar-refractivity contribution in [3.8, 4) is 0 Å². The number of aromatic nitrogens is 3. The lowest BCUT2D eigenvalue weighted by Crippen LogP contribution is -2.39. The Hall–Kier alpha value is -2.85. The first-order valence-corrected chi connectivity index (χ1v) is 15.4. The SMILES string of the molecule is COC[C@@H](F)CN(CCCCc1ccc2c(n1)NCCC2)CC[C@H](Nc1cc(C(C)(C)C)ncn1)C(=O)OCC(C)C. The molecule has 0 unspecified atom stereocenters. The van der Waals surface area contributed by atoms with Crippen LogP contribution in [-0.4, -0.2) is 84.5 Å². The second kappa shape index (κ2) is 16.7. The molecule has 9 nitrogen and oxygen atoms in total. The molecule has 2 atom stereocenters. The largest absolute Gasteiger partial charge is 0.464 e. The molecule has 0 spiro atoms. The van der Waals surface area contributed by atoms with Crippen molar-refractivity contribution in [1.29, 1.82) is 0 Å². The minimum Gasteiger partial charge on any atom is -0.464 e. The molecule has 0 saturated carbocycles. The van der Waals surface area contributed by atoms with E-state index in [1.54, 1.807) is 0 Å². The number of hydrogen-bond donors (Lipinski definition) is 2. The molecule has 234 valence electrons. The molecule has 42 heavy (non-hydrogen) atoms. The number of unbranched alkanes of at least 4 members (excludes halogenated alkanes) is 1. The molecule has 3 heterocycles. The van der Waals surface area contributed by atoms with Crippen molar-refractivity contribution in [1.82, 2.24) is 19.9 Å². The van der Waals surface area contributed by atoms with Crippen LogP contribution in [0.15, 0.2) is 24.5 Å². The number of methoxy groups -OCH3 is 1. The van der Waals surface area contributed by atoms with Crippen molar-refractivity contribution < 1.29 is 18.7 Å². The minimum atomic E-state index is -1.11. The summed E-state index contributed by atoms with van der Waals surface area (Å²) in [4.78, 5) is 28.8. The number of fused-ring (bicyclic) bond motifs is 1. The summed E-state index contributed by atoms with van der Waals surface area (Å²) >= 11 is 0. The summed E-state index contributed by atoms with van der Waals surface area (Å²) in [7, 11) is 1.51.